The van der Waals surface area contributed by atoms with Crippen molar-refractivity contribution in [3.63, 3.8) is 0 Å². The summed E-state index contributed by atoms with van der Waals surface area (Å²) in [4.78, 5) is 6.57. The van der Waals surface area contributed by atoms with E-state index in [0.717, 1.165) is 30.4 Å². The van der Waals surface area contributed by atoms with Crippen molar-refractivity contribution in [3.05, 3.63) is 23.6 Å². The van der Waals surface area contributed by atoms with Gasteiger partial charge in [-0.15, -0.1) is 0 Å². The van der Waals surface area contributed by atoms with Crippen molar-refractivity contribution in [2.45, 2.75) is 26.8 Å². The van der Waals surface area contributed by atoms with Crippen LogP contribution in [0.2, 0.25) is 0 Å². The lowest BCUT2D eigenvalue weighted by atomic mass is 9.95. The molecule has 100 valence electrons. The van der Waals surface area contributed by atoms with E-state index in [0.29, 0.717) is 12.5 Å². The molecule has 18 heavy (non-hydrogen) atoms. The van der Waals surface area contributed by atoms with E-state index in [1.54, 1.807) is 6.07 Å². The molecule has 0 aromatic carbocycles. The van der Waals surface area contributed by atoms with Crippen molar-refractivity contribution >= 4 is 5.82 Å². The number of nitrogens with one attached hydrogen (secondary N) is 1. The third kappa shape index (κ3) is 2.80. The molecule has 1 aliphatic heterocycles. The van der Waals surface area contributed by atoms with Gasteiger partial charge in [-0.3, -0.25) is 0 Å². The lowest BCUT2D eigenvalue weighted by Gasteiger charge is -2.21. The third-order valence-electron chi connectivity index (χ3n) is 3.74. The van der Waals surface area contributed by atoms with Crippen molar-refractivity contribution in [2.24, 2.45) is 11.8 Å². The number of halogens is 1. The maximum absolute atomic E-state index is 13.3. The molecule has 0 spiro atoms. The lowest BCUT2D eigenvalue weighted by Crippen LogP contribution is -2.24. The highest BCUT2D eigenvalue weighted by molar-refractivity contribution is 5.47. The fourth-order valence-corrected chi connectivity index (χ4v) is 2.60. The standard InChI is InChI=1S/C14H22FN3/c1-10(2)11-4-5-18(9-11)14-12(7-16-3)6-13(15)8-17-14/h6,8,10-11,16H,4-5,7,9H2,1-3H3. The molecule has 1 aromatic rings. The first-order chi connectivity index (χ1) is 8.61. The van der Waals surface area contributed by atoms with Crippen LogP contribution in [0.1, 0.15) is 25.8 Å². The predicted octanol–water partition coefficient (Wildman–Crippen LogP) is 2.42. The molecule has 2 heterocycles. The second-order valence-electron chi connectivity index (χ2n) is 5.41. The minimum absolute atomic E-state index is 0.261. The number of pyridine rings is 1. The van der Waals surface area contributed by atoms with E-state index in [1.165, 1.54) is 12.6 Å². The summed E-state index contributed by atoms with van der Waals surface area (Å²) in [6.07, 6.45) is 2.52. The molecule has 1 aliphatic rings. The molecule has 4 heteroatoms. The topological polar surface area (TPSA) is 28.2 Å². The van der Waals surface area contributed by atoms with Gasteiger partial charge in [0.1, 0.15) is 11.6 Å². The zero-order valence-corrected chi connectivity index (χ0v) is 11.4. The molecule has 0 radical (unpaired) electrons. The Hall–Kier alpha value is -1.16. The van der Waals surface area contributed by atoms with E-state index in [1.807, 2.05) is 7.05 Å². The van der Waals surface area contributed by atoms with Crippen molar-refractivity contribution in [3.8, 4) is 0 Å². The Morgan fingerprint density at radius 3 is 2.94 bits per heavy atom. The minimum Gasteiger partial charge on any atom is -0.356 e. The molecule has 0 saturated carbocycles. The average Bonchev–Trinajstić information content (AvgIpc) is 2.79. The predicted molar refractivity (Wildman–Crippen MR) is 72.1 cm³/mol. The van der Waals surface area contributed by atoms with Crippen LogP contribution in [0.5, 0.6) is 0 Å². The molecule has 1 saturated heterocycles. The number of hydrogen-bond acceptors (Lipinski definition) is 3. The van der Waals surface area contributed by atoms with E-state index >= 15 is 0 Å². The monoisotopic (exact) mass is 251 g/mol. The smallest absolute Gasteiger partial charge is 0.141 e. The van der Waals surface area contributed by atoms with Gasteiger partial charge in [0.25, 0.3) is 0 Å². The molecule has 0 aliphatic carbocycles. The Bertz CT molecular complexity index is 406. The van der Waals surface area contributed by atoms with Gasteiger partial charge >= 0.3 is 0 Å². The highest BCUT2D eigenvalue weighted by Gasteiger charge is 2.27. The molecule has 1 fully saturated rings. The van der Waals surface area contributed by atoms with Crippen LogP contribution in [0, 0.1) is 17.7 Å². The van der Waals surface area contributed by atoms with E-state index < -0.39 is 0 Å². The molecule has 1 unspecified atom stereocenters. The van der Waals surface area contributed by atoms with E-state index in [9.17, 15) is 4.39 Å². The second-order valence-corrected chi connectivity index (χ2v) is 5.41. The summed E-state index contributed by atoms with van der Waals surface area (Å²) in [6.45, 7) is 7.25. The zero-order chi connectivity index (χ0) is 13.1. The van der Waals surface area contributed by atoms with Crippen LogP contribution in [0.4, 0.5) is 10.2 Å². The molecule has 0 amide bonds. The molecule has 1 aromatic heterocycles. The highest BCUT2D eigenvalue weighted by Crippen LogP contribution is 2.29. The van der Waals surface area contributed by atoms with Crippen LogP contribution in [0.3, 0.4) is 0 Å². The maximum atomic E-state index is 13.3. The molecule has 1 N–H and O–H groups in total. The molecule has 2 rings (SSSR count). The van der Waals surface area contributed by atoms with E-state index in [-0.39, 0.29) is 5.82 Å². The van der Waals surface area contributed by atoms with E-state index in [2.05, 4.69) is 29.0 Å². The second kappa shape index (κ2) is 5.65. The summed E-state index contributed by atoms with van der Waals surface area (Å²) < 4.78 is 13.3. The van der Waals surface area contributed by atoms with Gasteiger partial charge in [-0.2, -0.15) is 0 Å². The van der Waals surface area contributed by atoms with E-state index in [4.69, 9.17) is 0 Å². The van der Waals surface area contributed by atoms with Gasteiger partial charge in [0.2, 0.25) is 0 Å². The van der Waals surface area contributed by atoms with Crippen LogP contribution in [0.25, 0.3) is 0 Å². The normalized spacial score (nSPS) is 19.8. The summed E-state index contributed by atoms with van der Waals surface area (Å²) in [5, 5.41) is 3.08. The first kappa shape index (κ1) is 13.3. The third-order valence-corrected chi connectivity index (χ3v) is 3.74. The Kier molecular flexibility index (Phi) is 4.17. The largest absolute Gasteiger partial charge is 0.356 e. The van der Waals surface area contributed by atoms with Crippen LogP contribution in [-0.2, 0) is 6.54 Å². The first-order valence-electron chi connectivity index (χ1n) is 6.65. The van der Waals surface area contributed by atoms with Gasteiger partial charge in [0.05, 0.1) is 6.20 Å². The summed E-state index contributed by atoms with van der Waals surface area (Å²) >= 11 is 0. The Balaban J connectivity index is 2.18. The van der Waals surface area contributed by atoms with Gasteiger partial charge in [0, 0.05) is 25.2 Å². The quantitative estimate of drug-likeness (QED) is 0.890. The molecule has 1 atom stereocenters. The van der Waals surface area contributed by atoms with Crippen molar-refractivity contribution in [1.29, 1.82) is 0 Å². The molecule has 3 nitrogen and oxygen atoms in total. The molecule has 0 bridgehead atoms. The van der Waals surface area contributed by atoms with Crippen LogP contribution < -0.4 is 10.2 Å². The van der Waals surface area contributed by atoms with Crippen molar-refractivity contribution in [2.75, 3.05) is 25.0 Å². The summed E-state index contributed by atoms with van der Waals surface area (Å²) in [5.74, 6) is 2.10. The zero-order valence-electron chi connectivity index (χ0n) is 11.4. The van der Waals surface area contributed by atoms with Gasteiger partial charge in [0.15, 0.2) is 0 Å². The van der Waals surface area contributed by atoms with Crippen LogP contribution in [0.15, 0.2) is 12.3 Å². The average molecular weight is 251 g/mol. The number of anilines is 1. The fourth-order valence-electron chi connectivity index (χ4n) is 2.60. The fraction of sp³-hybridized carbons (Fsp3) is 0.643. The maximum Gasteiger partial charge on any atom is 0.141 e. The first-order valence-corrected chi connectivity index (χ1v) is 6.65. The van der Waals surface area contributed by atoms with Gasteiger partial charge in [-0.25, -0.2) is 9.37 Å². The summed E-state index contributed by atoms with van der Waals surface area (Å²) in [7, 11) is 1.87. The number of nitrogens with zero attached hydrogens (tertiary/aromatic N) is 2. The summed E-state index contributed by atoms with van der Waals surface area (Å²) in [6, 6.07) is 1.58. The SMILES string of the molecule is CNCc1cc(F)cnc1N1CCC(C(C)C)C1. The summed E-state index contributed by atoms with van der Waals surface area (Å²) in [5.41, 5.74) is 0.946. The number of aromatic nitrogens is 1. The Morgan fingerprint density at radius 2 is 2.33 bits per heavy atom. The Morgan fingerprint density at radius 1 is 1.56 bits per heavy atom. The highest BCUT2D eigenvalue weighted by atomic mass is 19.1. The van der Waals surface area contributed by atoms with Crippen LogP contribution in [-0.4, -0.2) is 25.1 Å². The van der Waals surface area contributed by atoms with Crippen molar-refractivity contribution < 1.29 is 4.39 Å². The van der Waals surface area contributed by atoms with Gasteiger partial charge in [-0.05, 0) is 31.4 Å². The molecular weight excluding hydrogens is 229 g/mol. The van der Waals surface area contributed by atoms with Crippen LogP contribution >= 0.6 is 0 Å². The van der Waals surface area contributed by atoms with Crippen molar-refractivity contribution in [1.82, 2.24) is 10.3 Å². The minimum atomic E-state index is -0.261. The Labute approximate surface area is 108 Å². The van der Waals surface area contributed by atoms with Gasteiger partial charge in [-0.1, -0.05) is 13.8 Å². The number of rotatable bonds is 4. The lowest BCUT2D eigenvalue weighted by molar-refractivity contribution is 0.422. The molecular formula is C14H22FN3. The van der Waals surface area contributed by atoms with Gasteiger partial charge < -0.3 is 10.2 Å². The number of hydrogen-bond donors (Lipinski definition) is 1.